The standard InChI is InChI=1S/C11H9NO4.C10H9NO2/c1-12-8(11(15)16)5-6-3-2-4-7(9(6)12)10(13)14;1-11-6-5-7-3-2-4-8(9(7)11)10(12)13/h2-5H,1H3,(H,13,14)(H,15,16);2-6H,1H3,(H,12,13). The molecular weight excluding hydrogens is 376 g/mol. The Labute approximate surface area is 164 Å². The number of nitrogens with zero attached hydrogens (tertiary/aromatic N) is 2. The van der Waals surface area contributed by atoms with Crippen LogP contribution in [0.3, 0.4) is 0 Å². The summed E-state index contributed by atoms with van der Waals surface area (Å²) in [6, 6.07) is 13.4. The van der Waals surface area contributed by atoms with Gasteiger partial charge in [0.1, 0.15) is 5.69 Å². The van der Waals surface area contributed by atoms with Crippen LogP contribution in [0.4, 0.5) is 0 Å². The maximum atomic E-state index is 11.0. The summed E-state index contributed by atoms with van der Waals surface area (Å²) < 4.78 is 3.19. The molecule has 0 atom stereocenters. The summed E-state index contributed by atoms with van der Waals surface area (Å²) in [5, 5.41) is 28.4. The summed E-state index contributed by atoms with van der Waals surface area (Å²) in [4.78, 5) is 32.7. The minimum absolute atomic E-state index is 0.0729. The lowest BCUT2D eigenvalue weighted by atomic mass is 10.1. The van der Waals surface area contributed by atoms with Crippen molar-refractivity contribution >= 4 is 39.7 Å². The molecule has 2 heterocycles. The van der Waals surface area contributed by atoms with Gasteiger partial charge in [-0.3, -0.25) is 0 Å². The van der Waals surface area contributed by atoms with Gasteiger partial charge in [-0.25, -0.2) is 14.4 Å². The van der Waals surface area contributed by atoms with Crippen molar-refractivity contribution in [3.05, 3.63) is 71.5 Å². The fourth-order valence-corrected chi connectivity index (χ4v) is 3.32. The summed E-state index contributed by atoms with van der Waals surface area (Å²) in [6.45, 7) is 0. The highest BCUT2D eigenvalue weighted by molar-refractivity contribution is 6.05. The molecule has 0 bridgehead atoms. The lowest BCUT2D eigenvalue weighted by molar-refractivity contribution is 0.0676. The first kappa shape index (κ1) is 19.7. The minimum atomic E-state index is -1.07. The van der Waals surface area contributed by atoms with Crippen molar-refractivity contribution in [2.45, 2.75) is 0 Å². The molecule has 0 unspecified atom stereocenters. The zero-order valence-electron chi connectivity index (χ0n) is 15.7. The number of carboxylic acid groups (broad SMARTS) is 3. The monoisotopic (exact) mass is 394 g/mol. The Morgan fingerprint density at radius 2 is 1.28 bits per heavy atom. The molecule has 0 saturated carbocycles. The van der Waals surface area contributed by atoms with E-state index in [4.69, 9.17) is 15.3 Å². The van der Waals surface area contributed by atoms with Gasteiger partial charge in [0.15, 0.2) is 0 Å². The van der Waals surface area contributed by atoms with Crippen molar-refractivity contribution < 1.29 is 29.7 Å². The Hall–Kier alpha value is -4.07. The molecule has 3 N–H and O–H groups in total. The van der Waals surface area contributed by atoms with Crippen molar-refractivity contribution in [1.29, 1.82) is 0 Å². The first-order valence-corrected chi connectivity index (χ1v) is 8.54. The number of aromatic carboxylic acids is 3. The third-order valence-corrected chi connectivity index (χ3v) is 4.63. The smallest absolute Gasteiger partial charge is 0.352 e. The lowest BCUT2D eigenvalue weighted by Crippen LogP contribution is -2.06. The summed E-state index contributed by atoms with van der Waals surface area (Å²) in [7, 11) is 3.38. The average molecular weight is 394 g/mol. The molecular formula is C21H18N2O6. The first-order chi connectivity index (χ1) is 13.7. The van der Waals surface area contributed by atoms with Crippen molar-refractivity contribution in [1.82, 2.24) is 9.13 Å². The van der Waals surface area contributed by atoms with Crippen LogP contribution in [0.15, 0.2) is 54.7 Å². The van der Waals surface area contributed by atoms with Gasteiger partial charge in [0.2, 0.25) is 0 Å². The summed E-state index contributed by atoms with van der Waals surface area (Å²) in [5.41, 5.74) is 1.73. The van der Waals surface area contributed by atoms with Crippen LogP contribution in [-0.2, 0) is 14.1 Å². The number of rotatable bonds is 3. The van der Waals surface area contributed by atoms with Crippen LogP contribution in [0.2, 0.25) is 0 Å². The molecule has 4 aromatic rings. The van der Waals surface area contributed by atoms with Crippen LogP contribution in [0.25, 0.3) is 21.8 Å². The summed E-state index contributed by atoms with van der Waals surface area (Å²) in [5.74, 6) is -3.02. The van der Waals surface area contributed by atoms with Crippen molar-refractivity contribution in [3.8, 4) is 0 Å². The number of aromatic nitrogens is 2. The Morgan fingerprint density at radius 1 is 0.724 bits per heavy atom. The Morgan fingerprint density at radius 3 is 1.83 bits per heavy atom. The maximum absolute atomic E-state index is 11.0. The quantitative estimate of drug-likeness (QED) is 0.489. The van der Waals surface area contributed by atoms with E-state index in [1.807, 2.05) is 29.9 Å². The highest BCUT2D eigenvalue weighted by Gasteiger charge is 2.17. The van der Waals surface area contributed by atoms with Crippen molar-refractivity contribution in [3.63, 3.8) is 0 Å². The van der Waals surface area contributed by atoms with Gasteiger partial charge >= 0.3 is 17.9 Å². The molecule has 0 amide bonds. The van der Waals surface area contributed by atoms with Crippen LogP contribution < -0.4 is 0 Å². The normalized spacial score (nSPS) is 10.6. The van der Waals surface area contributed by atoms with Crippen LogP contribution in [0.5, 0.6) is 0 Å². The van der Waals surface area contributed by atoms with Gasteiger partial charge in [-0.15, -0.1) is 0 Å². The van der Waals surface area contributed by atoms with E-state index >= 15 is 0 Å². The van der Waals surface area contributed by atoms with Crippen LogP contribution in [0.1, 0.15) is 31.2 Å². The van der Waals surface area contributed by atoms with E-state index in [9.17, 15) is 14.4 Å². The Bertz CT molecular complexity index is 1270. The van der Waals surface area contributed by atoms with E-state index in [-0.39, 0.29) is 11.3 Å². The molecule has 0 radical (unpaired) electrons. The molecule has 8 heteroatoms. The number of hydrogen-bond donors (Lipinski definition) is 3. The van der Waals surface area contributed by atoms with Gasteiger partial charge < -0.3 is 24.5 Å². The maximum Gasteiger partial charge on any atom is 0.352 e. The van der Waals surface area contributed by atoms with E-state index in [1.54, 1.807) is 24.3 Å². The minimum Gasteiger partial charge on any atom is -0.478 e. The fraction of sp³-hybridized carbons (Fsp3) is 0.0952. The average Bonchev–Trinajstić information content (AvgIpc) is 3.23. The molecule has 0 saturated heterocycles. The molecule has 4 rings (SSSR count). The van der Waals surface area contributed by atoms with Crippen LogP contribution >= 0.6 is 0 Å². The zero-order chi connectivity index (χ0) is 21.3. The van der Waals surface area contributed by atoms with Crippen LogP contribution in [0, 0.1) is 0 Å². The third kappa shape index (κ3) is 3.55. The molecule has 29 heavy (non-hydrogen) atoms. The summed E-state index contributed by atoms with van der Waals surface area (Å²) in [6.07, 6.45) is 1.86. The molecule has 0 aliphatic heterocycles. The number of carboxylic acids is 3. The number of benzene rings is 2. The third-order valence-electron chi connectivity index (χ3n) is 4.63. The predicted octanol–water partition coefficient (Wildman–Crippen LogP) is 3.45. The second kappa shape index (κ2) is 7.51. The largest absolute Gasteiger partial charge is 0.478 e. The zero-order valence-corrected chi connectivity index (χ0v) is 15.7. The highest BCUT2D eigenvalue weighted by Crippen LogP contribution is 2.22. The van der Waals surface area contributed by atoms with E-state index in [0.29, 0.717) is 16.5 Å². The van der Waals surface area contributed by atoms with Gasteiger partial charge in [-0.05, 0) is 24.3 Å². The topological polar surface area (TPSA) is 122 Å². The van der Waals surface area contributed by atoms with Gasteiger partial charge in [-0.1, -0.05) is 24.3 Å². The van der Waals surface area contributed by atoms with E-state index < -0.39 is 17.9 Å². The molecule has 0 fully saturated rings. The molecule has 0 aliphatic rings. The summed E-state index contributed by atoms with van der Waals surface area (Å²) >= 11 is 0. The van der Waals surface area contributed by atoms with Crippen molar-refractivity contribution in [2.24, 2.45) is 14.1 Å². The molecule has 148 valence electrons. The molecule has 0 aliphatic carbocycles. The van der Waals surface area contributed by atoms with Crippen molar-refractivity contribution in [2.75, 3.05) is 0 Å². The van der Waals surface area contributed by atoms with Gasteiger partial charge in [0, 0.05) is 31.1 Å². The second-order valence-corrected chi connectivity index (χ2v) is 6.42. The molecule has 2 aromatic carbocycles. The van der Waals surface area contributed by atoms with E-state index in [1.165, 1.54) is 23.7 Å². The Balaban J connectivity index is 0.000000169. The first-order valence-electron chi connectivity index (χ1n) is 8.54. The van der Waals surface area contributed by atoms with Gasteiger partial charge in [-0.2, -0.15) is 0 Å². The molecule has 0 spiro atoms. The van der Waals surface area contributed by atoms with Gasteiger partial charge in [0.05, 0.1) is 22.2 Å². The number of carbonyl (C=O) groups is 3. The van der Waals surface area contributed by atoms with Gasteiger partial charge in [0.25, 0.3) is 0 Å². The number of aryl methyl sites for hydroxylation is 2. The Kier molecular flexibility index (Phi) is 5.10. The molecule has 8 nitrogen and oxygen atoms in total. The number of hydrogen-bond acceptors (Lipinski definition) is 3. The van der Waals surface area contributed by atoms with Crippen LogP contribution in [-0.4, -0.2) is 42.4 Å². The number of para-hydroxylation sites is 2. The lowest BCUT2D eigenvalue weighted by Gasteiger charge is -2.02. The second-order valence-electron chi connectivity index (χ2n) is 6.42. The predicted molar refractivity (Wildman–Crippen MR) is 107 cm³/mol. The SMILES string of the molecule is Cn1c(C(=O)O)cc2cccc(C(=O)O)c21.Cn1ccc2cccc(C(=O)O)c21. The van der Waals surface area contributed by atoms with E-state index in [0.717, 1.165) is 10.9 Å². The van der Waals surface area contributed by atoms with E-state index in [2.05, 4.69) is 0 Å². The highest BCUT2D eigenvalue weighted by atomic mass is 16.4. The fourth-order valence-electron chi connectivity index (χ4n) is 3.32. The molecule has 2 aromatic heterocycles. The number of fused-ring (bicyclic) bond motifs is 2.